The van der Waals surface area contributed by atoms with Gasteiger partial charge < -0.3 is 10.2 Å². The van der Waals surface area contributed by atoms with E-state index in [4.69, 9.17) is 0 Å². The van der Waals surface area contributed by atoms with E-state index in [0.29, 0.717) is 25.3 Å². The molecule has 0 aromatic rings. The van der Waals surface area contributed by atoms with Crippen LogP contribution in [0.3, 0.4) is 0 Å². The largest absolute Gasteiger partial charge is 0.350 e. The summed E-state index contributed by atoms with van der Waals surface area (Å²) in [5.41, 5.74) is -1.09. The maximum absolute atomic E-state index is 13.5. The molecule has 8 nitrogen and oxygen atoms in total. The molecule has 192 valence electrons. The van der Waals surface area contributed by atoms with Crippen LogP contribution in [0.2, 0.25) is 0 Å². The molecule has 33 heavy (non-hydrogen) atoms. The number of nitrogens with zero attached hydrogens (tertiary/aromatic N) is 2. The Labute approximate surface area is 200 Å². The number of nitrogens with one attached hydrogen (secondary N) is 1. The molecule has 2 aliphatic rings. The first-order valence-corrected chi connectivity index (χ1v) is 14.3. The van der Waals surface area contributed by atoms with Gasteiger partial charge in [-0.15, -0.1) is 0 Å². The minimum atomic E-state index is -4.23. The van der Waals surface area contributed by atoms with Crippen molar-refractivity contribution >= 4 is 21.9 Å². The fourth-order valence-corrected chi connectivity index (χ4v) is 6.60. The molecule has 2 N–H and O–H groups in total. The third-order valence-corrected chi connectivity index (χ3v) is 8.33. The number of hydrogen-bond donors (Lipinski definition) is 2. The van der Waals surface area contributed by atoms with Gasteiger partial charge in [-0.1, -0.05) is 19.8 Å². The SMILES string of the molecule is CCC(CC(CC(C)N1CCCC1=O)C(=O)NC(C)(C)CS(=O)(=O)O)N1CCCCCC1C. The minimum absolute atomic E-state index is 0.0560. The van der Waals surface area contributed by atoms with Gasteiger partial charge in [-0.3, -0.25) is 19.0 Å². The van der Waals surface area contributed by atoms with E-state index in [2.05, 4.69) is 24.1 Å². The van der Waals surface area contributed by atoms with E-state index < -0.39 is 21.4 Å². The maximum atomic E-state index is 13.5. The molecule has 0 saturated carbocycles. The van der Waals surface area contributed by atoms with Crippen molar-refractivity contribution in [1.82, 2.24) is 15.1 Å². The topological polar surface area (TPSA) is 107 Å². The molecule has 0 radical (unpaired) electrons. The summed E-state index contributed by atoms with van der Waals surface area (Å²) in [6, 6.07) is 0.661. The highest BCUT2D eigenvalue weighted by Gasteiger charge is 2.35. The van der Waals surface area contributed by atoms with Crippen LogP contribution in [0.5, 0.6) is 0 Å². The third-order valence-electron chi connectivity index (χ3n) is 7.24. The van der Waals surface area contributed by atoms with E-state index in [1.807, 2.05) is 11.8 Å². The highest BCUT2D eigenvalue weighted by molar-refractivity contribution is 7.85. The second kappa shape index (κ2) is 12.0. The van der Waals surface area contributed by atoms with Crippen LogP contribution >= 0.6 is 0 Å². The fraction of sp³-hybridized carbons (Fsp3) is 0.917. The van der Waals surface area contributed by atoms with Gasteiger partial charge >= 0.3 is 0 Å². The summed E-state index contributed by atoms with van der Waals surface area (Å²) >= 11 is 0. The van der Waals surface area contributed by atoms with E-state index in [1.54, 1.807) is 13.8 Å². The zero-order chi connectivity index (χ0) is 24.8. The molecule has 0 aromatic carbocycles. The molecule has 0 aliphatic carbocycles. The molecular formula is C24H45N3O5S. The Balaban J connectivity index is 2.20. The molecule has 2 amide bonds. The number of carbonyl (C=O) groups is 2. The lowest BCUT2D eigenvalue weighted by atomic mass is 9.88. The number of hydrogen-bond acceptors (Lipinski definition) is 5. The molecule has 9 heteroatoms. The predicted octanol–water partition coefficient (Wildman–Crippen LogP) is 3.22. The van der Waals surface area contributed by atoms with E-state index in [9.17, 15) is 22.6 Å². The van der Waals surface area contributed by atoms with Crippen LogP contribution in [0, 0.1) is 5.92 Å². The second-order valence-corrected chi connectivity index (χ2v) is 12.3. The van der Waals surface area contributed by atoms with Crippen LogP contribution in [-0.4, -0.2) is 77.1 Å². The van der Waals surface area contributed by atoms with Crippen molar-refractivity contribution in [2.45, 2.75) is 116 Å². The van der Waals surface area contributed by atoms with Gasteiger partial charge in [-0.25, -0.2) is 0 Å². The van der Waals surface area contributed by atoms with E-state index in [-0.39, 0.29) is 29.8 Å². The first kappa shape index (κ1) is 28.1. The fourth-order valence-electron chi connectivity index (χ4n) is 5.62. The summed E-state index contributed by atoms with van der Waals surface area (Å²) < 4.78 is 32.2. The van der Waals surface area contributed by atoms with E-state index in [1.165, 1.54) is 12.8 Å². The first-order valence-electron chi connectivity index (χ1n) is 12.7. The maximum Gasteiger partial charge on any atom is 0.267 e. The Morgan fingerprint density at radius 1 is 1.18 bits per heavy atom. The molecule has 2 fully saturated rings. The first-order chi connectivity index (χ1) is 15.3. The highest BCUT2D eigenvalue weighted by Crippen LogP contribution is 2.28. The van der Waals surface area contributed by atoms with E-state index >= 15 is 0 Å². The van der Waals surface area contributed by atoms with Crippen molar-refractivity contribution < 1.29 is 22.6 Å². The predicted molar refractivity (Wildman–Crippen MR) is 130 cm³/mol. The monoisotopic (exact) mass is 487 g/mol. The van der Waals surface area contributed by atoms with Gasteiger partial charge in [0.25, 0.3) is 10.1 Å². The lowest BCUT2D eigenvalue weighted by Gasteiger charge is -2.38. The normalized spacial score (nSPS) is 23.8. The van der Waals surface area contributed by atoms with Crippen molar-refractivity contribution in [3.8, 4) is 0 Å². The average molecular weight is 488 g/mol. The quantitative estimate of drug-likeness (QED) is 0.433. The molecule has 2 rings (SSSR count). The number of rotatable bonds is 11. The van der Waals surface area contributed by atoms with Crippen LogP contribution in [-0.2, 0) is 19.7 Å². The van der Waals surface area contributed by atoms with Crippen LogP contribution in [0.15, 0.2) is 0 Å². The van der Waals surface area contributed by atoms with E-state index in [0.717, 1.165) is 38.8 Å². The second-order valence-electron chi connectivity index (χ2n) is 10.8. The number of carbonyl (C=O) groups excluding carboxylic acids is 2. The summed E-state index contributed by atoms with van der Waals surface area (Å²) in [5, 5.41) is 2.88. The minimum Gasteiger partial charge on any atom is -0.350 e. The Bertz CT molecular complexity index is 770. The molecule has 0 bridgehead atoms. The van der Waals surface area contributed by atoms with Gasteiger partial charge in [0.15, 0.2) is 0 Å². The summed E-state index contributed by atoms with van der Waals surface area (Å²) in [5.74, 6) is -0.960. The standard InChI is InChI=1S/C24H45N3O5S/c1-6-21(26-13-9-7-8-11-18(26)2)16-20(15-19(3)27-14-10-12-22(27)28)23(29)25-24(4,5)17-33(30,31)32/h18-21H,6-17H2,1-5H3,(H,25,29)(H,30,31,32). The van der Waals surface area contributed by atoms with Gasteiger partial charge in [-0.05, 0) is 72.8 Å². The van der Waals surface area contributed by atoms with Crippen LogP contribution < -0.4 is 5.32 Å². The molecule has 2 heterocycles. The Kier molecular flexibility index (Phi) is 10.2. The lowest BCUT2D eigenvalue weighted by molar-refractivity contribution is -0.132. The zero-order valence-electron chi connectivity index (χ0n) is 21.2. The number of amides is 2. The molecule has 2 aliphatic heterocycles. The van der Waals surface area contributed by atoms with Crippen LogP contribution in [0.25, 0.3) is 0 Å². The Hall–Kier alpha value is -1.19. The Morgan fingerprint density at radius 2 is 1.88 bits per heavy atom. The summed E-state index contributed by atoms with van der Waals surface area (Å²) in [6.45, 7) is 11.4. The average Bonchev–Trinajstić information content (AvgIpc) is 3.00. The lowest BCUT2D eigenvalue weighted by Crippen LogP contribution is -2.52. The Morgan fingerprint density at radius 3 is 2.45 bits per heavy atom. The molecule has 2 saturated heterocycles. The summed E-state index contributed by atoms with van der Waals surface area (Å²) in [6.07, 6.45) is 8.34. The number of likely N-dealkylation sites (tertiary alicyclic amines) is 2. The van der Waals surface area contributed by atoms with Gasteiger partial charge in [0, 0.05) is 37.0 Å². The molecule has 0 aromatic heterocycles. The van der Waals surface area contributed by atoms with Gasteiger partial charge in [0.1, 0.15) is 0 Å². The van der Waals surface area contributed by atoms with Crippen molar-refractivity contribution in [3.63, 3.8) is 0 Å². The molecular weight excluding hydrogens is 442 g/mol. The van der Waals surface area contributed by atoms with Crippen molar-refractivity contribution in [1.29, 1.82) is 0 Å². The van der Waals surface area contributed by atoms with Gasteiger partial charge in [-0.2, -0.15) is 8.42 Å². The highest BCUT2D eigenvalue weighted by atomic mass is 32.2. The summed E-state index contributed by atoms with van der Waals surface area (Å²) in [7, 11) is -4.23. The molecule has 4 unspecified atom stereocenters. The van der Waals surface area contributed by atoms with Crippen LogP contribution in [0.4, 0.5) is 0 Å². The molecule has 4 atom stereocenters. The molecule has 0 spiro atoms. The van der Waals surface area contributed by atoms with Gasteiger partial charge in [0.2, 0.25) is 11.8 Å². The smallest absolute Gasteiger partial charge is 0.267 e. The zero-order valence-corrected chi connectivity index (χ0v) is 22.0. The van der Waals surface area contributed by atoms with Crippen molar-refractivity contribution in [3.05, 3.63) is 0 Å². The third kappa shape index (κ3) is 8.83. The summed E-state index contributed by atoms with van der Waals surface area (Å²) in [4.78, 5) is 30.2. The van der Waals surface area contributed by atoms with Gasteiger partial charge in [0.05, 0.1) is 11.3 Å². The van der Waals surface area contributed by atoms with Crippen LogP contribution in [0.1, 0.15) is 92.4 Å². The van der Waals surface area contributed by atoms with Crippen molar-refractivity contribution in [2.24, 2.45) is 5.92 Å². The van der Waals surface area contributed by atoms with Crippen molar-refractivity contribution in [2.75, 3.05) is 18.8 Å².